The molecular formula is C58H39NS. The quantitative estimate of drug-likeness (QED) is 0.148. The standard InChI is InChI=1S/C58H39NS/c1-2-13-40(14-3-1)45-17-10-18-46(37-45)42-29-33-50(34-30-42)59(56-25-8-6-21-52(56)49-28-27-41-15-4-5-16-44(41)39-49)51-35-31-43(32-36-51)47-19-11-20-48(38-47)53-23-12-24-55-54-22-7-9-26-57(54)60-58(53)55/h1-39H. The Bertz CT molecular complexity index is 3310. The van der Waals surface area contributed by atoms with Crippen molar-refractivity contribution >= 4 is 59.3 Å². The summed E-state index contributed by atoms with van der Waals surface area (Å²) in [6.45, 7) is 0. The van der Waals surface area contributed by atoms with Crippen molar-refractivity contribution in [2.45, 2.75) is 0 Å². The zero-order chi connectivity index (χ0) is 39.8. The molecule has 0 atom stereocenters. The fourth-order valence-corrected chi connectivity index (χ4v) is 9.89. The Hall–Kier alpha value is -7.52. The summed E-state index contributed by atoms with van der Waals surface area (Å²) in [5.74, 6) is 0. The number of benzene rings is 10. The minimum absolute atomic E-state index is 1.09. The molecule has 1 aromatic heterocycles. The molecule has 11 aromatic rings. The smallest absolute Gasteiger partial charge is 0.0540 e. The SMILES string of the molecule is c1ccc(-c2cccc(-c3ccc(N(c4ccc(-c5cccc(-c6cccc7c6sc6ccccc67)c5)cc4)c4ccccc4-c4ccc5ccccc5c4)cc3)c2)cc1. The van der Waals surface area contributed by atoms with Crippen molar-refractivity contribution in [2.75, 3.05) is 4.90 Å². The Kier molecular flexibility index (Phi) is 9.11. The zero-order valence-corrected chi connectivity index (χ0v) is 33.7. The van der Waals surface area contributed by atoms with Crippen LogP contribution in [0.2, 0.25) is 0 Å². The van der Waals surface area contributed by atoms with Crippen LogP contribution in [0.4, 0.5) is 17.1 Å². The summed E-state index contributed by atoms with van der Waals surface area (Å²) < 4.78 is 2.66. The Morgan fingerprint density at radius 2 is 0.767 bits per heavy atom. The van der Waals surface area contributed by atoms with E-state index in [9.17, 15) is 0 Å². The van der Waals surface area contributed by atoms with Crippen LogP contribution in [0.25, 0.3) is 86.6 Å². The average molecular weight is 782 g/mol. The van der Waals surface area contributed by atoms with Crippen molar-refractivity contribution in [1.29, 1.82) is 0 Å². The van der Waals surface area contributed by atoms with Gasteiger partial charge in [-0.15, -0.1) is 11.3 Å². The molecule has 0 aliphatic rings. The van der Waals surface area contributed by atoms with Crippen molar-refractivity contribution in [1.82, 2.24) is 0 Å². The zero-order valence-electron chi connectivity index (χ0n) is 32.9. The number of nitrogens with zero attached hydrogens (tertiary/aromatic N) is 1. The van der Waals surface area contributed by atoms with E-state index in [1.165, 1.54) is 86.6 Å². The monoisotopic (exact) mass is 781 g/mol. The second-order valence-electron chi connectivity index (χ2n) is 15.3. The molecule has 2 heteroatoms. The van der Waals surface area contributed by atoms with E-state index < -0.39 is 0 Å². The van der Waals surface area contributed by atoms with E-state index in [0.29, 0.717) is 0 Å². The molecule has 0 fully saturated rings. The molecule has 0 saturated carbocycles. The first-order chi connectivity index (χ1) is 29.7. The summed E-state index contributed by atoms with van der Waals surface area (Å²) in [5, 5.41) is 5.11. The van der Waals surface area contributed by atoms with Crippen molar-refractivity contribution in [3.8, 4) is 55.6 Å². The summed E-state index contributed by atoms with van der Waals surface area (Å²) in [6, 6.07) is 86.1. The van der Waals surface area contributed by atoms with E-state index in [2.05, 4.69) is 241 Å². The van der Waals surface area contributed by atoms with Gasteiger partial charge in [-0.1, -0.05) is 182 Å². The molecular weight excluding hydrogens is 743 g/mol. The molecule has 0 N–H and O–H groups in total. The molecule has 0 aliphatic carbocycles. The van der Waals surface area contributed by atoms with Gasteiger partial charge in [0.25, 0.3) is 0 Å². The van der Waals surface area contributed by atoms with Crippen LogP contribution in [0.5, 0.6) is 0 Å². The van der Waals surface area contributed by atoms with E-state index >= 15 is 0 Å². The Balaban J connectivity index is 0.988. The van der Waals surface area contributed by atoms with Crippen LogP contribution in [-0.2, 0) is 0 Å². The van der Waals surface area contributed by atoms with Gasteiger partial charge in [0.05, 0.1) is 5.69 Å². The van der Waals surface area contributed by atoms with Crippen LogP contribution in [0.3, 0.4) is 0 Å². The molecule has 11 rings (SSSR count). The summed E-state index contributed by atoms with van der Waals surface area (Å²) in [4.78, 5) is 2.40. The van der Waals surface area contributed by atoms with E-state index in [1.54, 1.807) is 0 Å². The highest BCUT2D eigenvalue weighted by molar-refractivity contribution is 7.26. The highest BCUT2D eigenvalue weighted by atomic mass is 32.1. The molecule has 0 aliphatic heterocycles. The summed E-state index contributed by atoms with van der Waals surface area (Å²) >= 11 is 1.88. The number of fused-ring (bicyclic) bond motifs is 4. The number of hydrogen-bond acceptors (Lipinski definition) is 2. The molecule has 0 radical (unpaired) electrons. The predicted octanol–water partition coefficient (Wildman–Crippen LogP) is 17.0. The first-order valence-corrected chi connectivity index (χ1v) is 21.3. The summed E-state index contributed by atoms with van der Waals surface area (Å²) in [7, 11) is 0. The van der Waals surface area contributed by atoms with Gasteiger partial charge in [0.1, 0.15) is 0 Å². The molecule has 0 saturated heterocycles. The second kappa shape index (κ2) is 15.3. The van der Waals surface area contributed by atoms with Crippen LogP contribution < -0.4 is 4.90 Å². The highest BCUT2D eigenvalue weighted by Crippen LogP contribution is 2.44. The number of hydrogen-bond donors (Lipinski definition) is 0. The number of para-hydroxylation sites is 1. The van der Waals surface area contributed by atoms with E-state index in [1.807, 2.05) is 11.3 Å². The molecule has 60 heavy (non-hydrogen) atoms. The summed E-state index contributed by atoms with van der Waals surface area (Å²) in [6.07, 6.45) is 0. The van der Waals surface area contributed by atoms with Crippen molar-refractivity contribution in [2.24, 2.45) is 0 Å². The van der Waals surface area contributed by atoms with Crippen LogP contribution in [0, 0.1) is 0 Å². The molecule has 0 bridgehead atoms. The van der Waals surface area contributed by atoms with Crippen molar-refractivity contribution in [3.63, 3.8) is 0 Å². The van der Waals surface area contributed by atoms with Gasteiger partial charge < -0.3 is 4.90 Å². The number of anilines is 3. The second-order valence-corrected chi connectivity index (χ2v) is 16.4. The lowest BCUT2D eigenvalue weighted by atomic mass is 9.97. The van der Waals surface area contributed by atoms with Gasteiger partial charge in [-0.25, -0.2) is 0 Å². The Morgan fingerprint density at radius 3 is 1.50 bits per heavy atom. The normalized spacial score (nSPS) is 11.3. The van der Waals surface area contributed by atoms with Crippen LogP contribution in [0.15, 0.2) is 237 Å². The fraction of sp³-hybridized carbons (Fsp3) is 0. The lowest BCUT2D eigenvalue weighted by Gasteiger charge is -2.28. The predicted molar refractivity (Wildman–Crippen MR) is 259 cm³/mol. The van der Waals surface area contributed by atoms with E-state index in [4.69, 9.17) is 0 Å². The fourth-order valence-electron chi connectivity index (χ4n) is 8.65. The van der Waals surface area contributed by atoms with Gasteiger partial charge in [-0.05, 0) is 115 Å². The first kappa shape index (κ1) is 35.6. The maximum Gasteiger partial charge on any atom is 0.0540 e. The van der Waals surface area contributed by atoms with E-state index in [-0.39, 0.29) is 0 Å². The lowest BCUT2D eigenvalue weighted by molar-refractivity contribution is 1.28. The average Bonchev–Trinajstić information content (AvgIpc) is 3.72. The molecule has 10 aromatic carbocycles. The number of thiophene rings is 1. The van der Waals surface area contributed by atoms with Gasteiger partial charge in [-0.3, -0.25) is 0 Å². The van der Waals surface area contributed by atoms with Crippen LogP contribution >= 0.6 is 11.3 Å². The molecule has 0 amide bonds. The van der Waals surface area contributed by atoms with Gasteiger partial charge in [0.2, 0.25) is 0 Å². The maximum absolute atomic E-state index is 2.40. The third-order valence-corrected chi connectivity index (χ3v) is 12.9. The van der Waals surface area contributed by atoms with Crippen molar-refractivity contribution < 1.29 is 0 Å². The lowest BCUT2D eigenvalue weighted by Crippen LogP contribution is -2.11. The Labute approximate surface area is 354 Å². The molecule has 282 valence electrons. The highest BCUT2D eigenvalue weighted by Gasteiger charge is 2.18. The molecule has 0 spiro atoms. The minimum atomic E-state index is 1.09. The maximum atomic E-state index is 2.40. The molecule has 1 nitrogen and oxygen atoms in total. The topological polar surface area (TPSA) is 3.24 Å². The first-order valence-electron chi connectivity index (χ1n) is 20.5. The third kappa shape index (κ3) is 6.63. The van der Waals surface area contributed by atoms with Gasteiger partial charge >= 0.3 is 0 Å². The number of rotatable bonds is 8. The van der Waals surface area contributed by atoms with Gasteiger partial charge in [0, 0.05) is 37.1 Å². The summed E-state index contributed by atoms with van der Waals surface area (Å²) in [5.41, 5.74) is 15.4. The van der Waals surface area contributed by atoms with E-state index in [0.717, 1.165) is 17.1 Å². The molecule has 0 unspecified atom stereocenters. The largest absolute Gasteiger partial charge is 0.310 e. The third-order valence-electron chi connectivity index (χ3n) is 11.7. The van der Waals surface area contributed by atoms with Gasteiger partial charge in [-0.2, -0.15) is 0 Å². The molecule has 1 heterocycles. The van der Waals surface area contributed by atoms with Crippen LogP contribution in [0.1, 0.15) is 0 Å². The van der Waals surface area contributed by atoms with Crippen molar-refractivity contribution in [3.05, 3.63) is 237 Å². The van der Waals surface area contributed by atoms with Crippen LogP contribution in [-0.4, -0.2) is 0 Å². The Morgan fingerprint density at radius 1 is 0.283 bits per heavy atom. The van der Waals surface area contributed by atoms with Gasteiger partial charge in [0.15, 0.2) is 0 Å². The minimum Gasteiger partial charge on any atom is -0.310 e.